The Morgan fingerprint density at radius 3 is 2.66 bits per heavy atom. The zero-order valence-corrected chi connectivity index (χ0v) is 26.0. The van der Waals surface area contributed by atoms with Crippen LogP contribution in [-0.4, -0.2) is 68.9 Å². The molecule has 2 fully saturated rings. The van der Waals surface area contributed by atoms with Gasteiger partial charge in [-0.3, -0.25) is 19.5 Å². The monoisotopic (exact) mass is 665 g/mol. The topological polar surface area (TPSA) is 146 Å². The second-order valence-corrected chi connectivity index (χ2v) is 12.6. The fourth-order valence-corrected chi connectivity index (χ4v) is 6.45. The molecule has 5 heterocycles. The van der Waals surface area contributed by atoms with Gasteiger partial charge in [0.15, 0.2) is 11.4 Å². The van der Waals surface area contributed by atoms with E-state index in [1.54, 1.807) is 34.0 Å². The highest BCUT2D eigenvalue weighted by Gasteiger charge is 2.50. The van der Waals surface area contributed by atoms with Crippen LogP contribution in [0.2, 0.25) is 5.02 Å². The number of hydrogen-bond acceptors (Lipinski definition) is 8. The first-order valence-corrected chi connectivity index (χ1v) is 15.5. The highest BCUT2D eigenvalue weighted by Crippen LogP contribution is 2.45. The van der Waals surface area contributed by atoms with E-state index in [2.05, 4.69) is 10.1 Å². The molecule has 1 saturated carbocycles. The number of primary amides is 1. The molecule has 2 N–H and O–H groups in total. The summed E-state index contributed by atoms with van der Waals surface area (Å²) in [6, 6.07) is 7.60. The van der Waals surface area contributed by atoms with Crippen LogP contribution in [0.5, 0.6) is 5.75 Å². The van der Waals surface area contributed by atoms with Gasteiger partial charge in [0, 0.05) is 36.8 Å². The van der Waals surface area contributed by atoms with E-state index in [0.29, 0.717) is 70.5 Å². The summed E-state index contributed by atoms with van der Waals surface area (Å²) in [4.78, 5) is 49.5. The summed E-state index contributed by atoms with van der Waals surface area (Å²) in [6.07, 6.45) is 1.65. The SMILES string of the molecule is COC(=O)N1CC[C@H](Cn2ncc3c(-c4ccc5c(c4)OC(F)(F)C(=O)N5Cc4ccc(Cl)cn4)c(C(N)=O)c(CC4CC4)nc32)C1. The van der Waals surface area contributed by atoms with Crippen molar-refractivity contribution in [1.82, 2.24) is 24.6 Å². The number of anilines is 1. The predicted molar refractivity (Wildman–Crippen MR) is 166 cm³/mol. The quantitative estimate of drug-likeness (QED) is 0.282. The number of aromatic nitrogens is 4. The number of pyridine rings is 2. The van der Waals surface area contributed by atoms with E-state index in [1.807, 2.05) is 0 Å². The molecular weight excluding hydrogens is 636 g/mol. The van der Waals surface area contributed by atoms with Gasteiger partial charge in [0.05, 0.1) is 47.5 Å². The van der Waals surface area contributed by atoms with Crippen molar-refractivity contribution in [3.8, 4) is 16.9 Å². The molecule has 0 radical (unpaired) electrons. The first kappa shape index (κ1) is 30.8. The molecule has 12 nitrogen and oxygen atoms in total. The van der Waals surface area contributed by atoms with Crippen LogP contribution in [0.4, 0.5) is 19.3 Å². The molecule has 3 aliphatic rings. The molecule has 1 saturated heterocycles. The summed E-state index contributed by atoms with van der Waals surface area (Å²) in [7, 11) is 1.35. The molecule has 2 aliphatic heterocycles. The Balaban J connectivity index is 1.32. The molecule has 1 atom stereocenters. The molecule has 47 heavy (non-hydrogen) atoms. The third-order valence-corrected chi connectivity index (χ3v) is 9.04. The van der Waals surface area contributed by atoms with Crippen molar-refractivity contribution in [2.75, 3.05) is 25.1 Å². The average molecular weight is 666 g/mol. The number of nitrogens with two attached hydrogens (primary N) is 1. The Morgan fingerprint density at radius 1 is 1.15 bits per heavy atom. The van der Waals surface area contributed by atoms with Crippen molar-refractivity contribution >= 4 is 46.2 Å². The zero-order chi connectivity index (χ0) is 33.0. The summed E-state index contributed by atoms with van der Waals surface area (Å²) < 4.78 is 41.6. The van der Waals surface area contributed by atoms with Crippen LogP contribution < -0.4 is 15.4 Å². The van der Waals surface area contributed by atoms with E-state index in [-0.39, 0.29) is 35.6 Å². The molecule has 1 aliphatic carbocycles. The molecule has 0 bridgehead atoms. The van der Waals surface area contributed by atoms with E-state index >= 15 is 8.78 Å². The van der Waals surface area contributed by atoms with Gasteiger partial charge in [-0.05, 0) is 67.3 Å². The number of carbonyl (C=O) groups excluding carboxylic acids is 3. The van der Waals surface area contributed by atoms with Gasteiger partial charge in [0.1, 0.15) is 0 Å². The number of fused-ring (bicyclic) bond motifs is 2. The van der Waals surface area contributed by atoms with E-state index in [0.717, 1.165) is 24.2 Å². The van der Waals surface area contributed by atoms with Crippen LogP contribution in [-0.2, 0) is 29.0 Å². The third kappa shape index (κ3) is 5.81. The lowest BCUT2D eigenvalue weighted by molar-refractivity contribution is -0.193. The summed E-state index contributed by atoms with van der Waals surface area (Å²) >= 11 is 5.93. The molecule has 3 aromatic heterocycles. The van der Waals surface area contributed by atoms with E-state index in [1.165, 1.54) is 25.4 Å². The highest BCUT2D eigenvalue weighted by atomic mass is 35.5. The van der Waals surface area contributed by atoms with E-state index in [4.69, 9.17) is 31.8 Å². The van der Waals surface area contributed by atoms with Gasteiger partial charge < -0.3 is 20.1 Å². The smallest absolute Gasteiger partial charge is 0.453 e. The van der Waals surface area contributed by atoms with Crippen LogP contribution in [0.1, 0.15) is 41.0 Å². The second-order valence-electron chi connectivity index (χ2n) is 12.1. The summed E-state index contributed by atoms with van der Waals surface area (Å²) in [6.45, 7) is 1.26. The maximum absolute atomic E-state index is 15.0. The maximum Gasteiger partial charge on any atom is 0.482 e. The molecule has 7 rings (SSSR count). The molecule has 4 aromatic rings. The minimum atomic E-state index is -4.15. The van der Waals surface area contributed by atoms with Crippen LogP contribution in [0.3, 0.4) is 0 Å². The fourth-order valence-electron chi connectivity index (χ4n) is 6.34. The number of methoxy groups -OCH3 is 1. The van der Waals surface area contributed by atoms with Gasteiger partial charge in [-0.25, -0.2) is 14.5 Å². The van der Waals surface area contributed by atoms with Crippen LogP contribution in [0, 0.1) is 11.8 Å². The maximum atomic E-state index is 15.0. The zero-order valence-electron chi connectivity index (χ0n) is 25.3. The lowest BCUT2D eigenvalue weighted by Crippen LogP contribution is -2.50. The number of alkyl halides is 2. The van der Waals surface area contributed by atoms with Crippen LogP contribution in [0.15, 0.2) is 42.7 Å². The van der Waals surface area contributed by atoms with Gasteiger partial charge in [-0.1, -0.05) is 17.7 Å². The number of halogens is 3. The Morgan fingerprint density at radius 2 is 1.96 bits per heavy atom. The molecule has 3 amide bonds. The molecular formula is C32H30ClF2N7O5. The Hall–Kier alpha value is -4.85. The lowest BCUT2D eigenvalue weighted by atomic mass is 9.93. The number of benzene rings is 1. The summed E-state index contributed by atoms with van der Waals surface area (Å²) in [5.41, 5.74) is 8.38. The number of rotatable bonds is 8. The summed E-state index contributed by atoms with van der Waals surface area (Å²) in [5.74, 6) is -2.08. The fraction of sp³-hybridized carbons (Fsp3) is 0.375. The Kier molecular flexibility index (Phi) is 7.69. The third-order valence-electron chi connectivity index (χ3n) is 8.82. The summed E-state index contributed by atoms with van der Waals surface area (Å²) in [5, 5.41) is 5.47. The van der Waals surface area contributed by atoms with Gasteiger partial charge in [-0.2, -0.15) is 13.9 Å². The van der Waals surface area contributed by atoms with E-state index < -0.39 is 17.9 Å². The average Bonchev–Trinajstić information content (AvgIpc) is 3.58. The van der Waals surface area contributed by atoms with Gasteiger partial charge >= 0.3 is 18.1 Å². The Bertz CT molecular complexity index is 1910. The van der Waals surface area contributed by atoms with Crippen molar-refractivity contribution in [2.24, 2.45) is 17.6 Å². The van der Waals surface area contributed by atoms with Gasteiger partial charge in [0.2, 0.25) is 0 Å². The number of hydrogen-bond donors (Lipinski definition) is 1. The highest BCUT2D eigenvalue weighted by molar-refractivity contribution is 6.30. The van der Waals surface area contributed by atoms with Crippen molar-refractivity contribution in [3.05, 3.63) is 64.7 Å². The van der Waals surface area contributed by atoms with Gasteiger partial charge in [0.25, 0.3) is 5.91 Å². The predicted octanol–water partition coefficient (Wildman–Crippen LogP) is 4.80. The number of likely N-dealkylation sites (tertiary alicyclic amines) is 1. The van der Waals surface area contributed by atoms with Crippen molar-refractivity contribution in [1.29, 1.82) is 0 Å². The number of ether oxygens (including phenoxy) is 2. The number of carbonyl (C=O) groups is 3. The number of amides is 3. The van der Waals surface area contributed by atoms with Crippen molar-refractivity contribution in [3.63, 3.8) is 0 Å². The van der Waals surface area contributed by atoms with Crippen LogP contribution >= 0.6 is 11.6 Å². The van der Waals surface area contributed by atoms with E-state index in [9.17, 15) is 14.4 Å². The van der Waals surface area contributed by atoms with Crippen LogP contribution in [0.25, 0.3) is 22.2 Å². The van der Waals surface area contributed by atoms with Crippen molar-refractivity contribution < 1.29 is 32.6 Å². The Labute approximate surface area is 272 Å². The number of nitrogens with zero attached hydrogens (tertiary/aromatic N) is 6. The lowest BCUT2D eigenvalue weighted by Gasteiger charge is -2.33. The molecule has 15 heteroatoms. The molecule has 244 valence electrons. The minimum absolute atomic E-state index is 0.0863. The first-order chi connectivity index (χ1) is 22.5. The largest absolute Gasteiger partial charge is 0.482 e. The normalized spacial score (nSPS) is 18.7. The molecule has 0 unspecified atom stereocenters. The standard InChI is InChI=1S/C32H30ClF2N7O5/c1-46-31(45)40-9-8-18(14-40)15-42-29-22(13-38-42)26(27(28(36)43)23(39-29)10-17-2-3-17)19-4-7-24-25(11-19)47-32(34,35)30(44)41(24)16-21-6-5-20(33)12-37-21/h4-7,11-13,17-18H,2-3,8-10,14-16H2,1H3,(H2,36,43)/t18-/m0/s1. The molecule has 0 spiro atoms. The van der Waals surface area contributed by atoms with Crippen molar-refractivity contribution in [2.45, 2.75) is 44.9 Å². The first-order valence-electron chi connectivity index (χ1n) is 15.2. The molecule has 1 aromatic carbocycles. The van der Waals surface area contributed by atoms with Gasteiger partial charge in [-0.15, -0.1) is 0 Å². The second kappa shape index (κ2) is 11.7. The minimum Gasteiger partial charge on any atom is -0.453 e.